The van der Waals surface area contributed by atoms with Crippen molar-refractivity contribution in [1.29, 1.82) is 0 Å². The first-order valence-corrected chi connectivity index (χ1v) is 6.07. The number of aromatic nitrogens is 2. The van der Waals surface area contributed by atoms with E-state index in [-0.39, 0.29) is 5.82 Å². The fourth-order valence-electron chi connectivity index (χ4n) is 1.90. The topological polar surface area (TPSA) is 27.1 Å². The zero-order chi connectivity index (χ0) is 13.0. The Bertz CT molecular complexity index is 522. The molecule has 4 heteroatoms. The first-order chi connectivity index (χ1) is 8.74. The van der Waals surface area contributed by atoms with Gasteiger partial charge in [-0.25, -0.2) is 9.37 Å². The van der Waals surface area contributed by atoms with Crippen LogP contribution in [0.25, 0.3) is 0 Å². The summed E-state index contributed by atoms with van der Waals surface area (Å²) in [5.41, 5.74) is 0.645. The Labute approximate surface area is 106 Å². The highest BCUT2D eigenvalue weighted by Crippen LogP contribution is 2.17. The van der Waals surface area contributed by atoms with Crippen molar-refractivity contribution < 1.29 is 9.13 Å². The van der Waals surface area contributed by atoms with Crippen LogP contribution in [0, 0.1) is 5.82 Å². The lowest BCUT2D eigenvalue weighted by molar-refractivity contribution is 0.410. The summed E-state index contributed by atoms with van der Waals surface area (Å²) in [6.07, 6.45) is 5.58. The standard InChI is InChI=1S/C14H17FN2O/c1-3-4-14-16-7-8-17(14)10-11-5-6-12(18-2)9-13(11)15/h5-9H,3-4,10H2,1-2H3. The van der Waals surface area contributed by atoms with E-state index in [0.29, 0.717) is 17.9 Å². The molecule has 0 fully saturated rings. The Kier molecular flexibility index (Phi) is 3.97. The highest BCUT2D eigenvalue weighted by atomic mass is 19.1. The second-order valence-electron chi connectivity index (χ2n) is 4.18. The van der Waals surface area contributed by atoms with Gasteiger partial charge < -0.3 is 9.30 Å². The predicted octanol–water partition coefficient (Wildman–Crippen LogP) is 3.03. The number of rotatable bonds is 5. The summed E-state index contributed by atoms with van der Waals surface area (Å²) in [5, 5.41) is 0. The molecule has 0 saturated carbocycles. The van der Waals surface area contributed by atoms with Crippen LogP contribution < -0.4 is 4.74 Å². The third-order valence-electron chi connectivity index (χ3n) is 2.88. The number of methoxy groups -OCH3 is 1. The first kappa shape index (κ1) is 12.6. The van der Waals surface area contributed by atoms with Crippen molar-refractivity contribution in [2.24, 2.45) is 0 Å². The fourth-order valence-corrected chi connectivity index (χ4v) is 1.90. The van der Waals surface area contributed by atoms with Gasteiger partial charge in [0.25, 0.3) is 0 Å². The highest BCUT2D eigenvalue weighted by Gasteiger charge is 2.07. The van der Waals surface area contributed by atoms with E-state index in [1.165, 1.54) is 13.2 Å². The van der Waals surface area contributed by atoms with Crippen LogP contribution in [-0.4, -0.2) is 16.7 Å². The molecule has 0 bridgehead atoms. The minimum absolute atomic E-state index is 0.245. The molecule has 0 aliphatic heterocycles. The Balaban J connectivity index is 2.20. The molecule has 0 spiro atoms. The molecular formula is C14H17FN2O. The minimum atomic E-state index is -0.245. The highest BCUT2D eigenvalue weighted by molar-refractivity contribution is 5.29. The van der Waals surface area contributed by atoms with Gasteiger partial charge in [0.2, 0.25) is 0 Å². The summed E-state index contributed by atoms with van der Waals surface area (Å²) < 4.78 is 20.8. The summed E-state index contributed by atoms with van der Waals surface area (Å²) >= 11 is 0. The molecule has 0 saturated heterocycles. The van der Waals surface area contributed by atoms with Gasteiger partial charge in [0.1, 0.15) is 17.4 Å². The van der Waals surface area contributed by atoms with Crippen LogP contribution in [0.3, 0.4) is 0 Å². The maximum atomic E-state index is 13.8. The molecule has 96 valence electrons. The summed E-state index contributed by atoms with van der Waals surface area (Å²) in [6.45, 7) is 2.61. The number of nitrogens with zero attached hydrogens (tertiary/aromatic N) is 2. The number of imidazole rings is 1. The summed E-state index contributed by atoms with van der Waals surface area (Å²) in [4.78, 5) is 4.28. The quantitative estimate of drug-likeness (QED) is 0.813. The average molecular weight is 248 g/mol. The lowest BCUT2D eigenvalue weighted by Crippen LogP contribution is -2.05. The first-order valence-electron chi connectivity index (χ1n) is 6.07. The van der Waals surface area contributed by atoms with Gasteiger partial charge in [-0.15, -0.1) is 0 Å². The van der Waals surface area contributed by atoms with E-state index in [4.69, 9.17) is 4.74 Å². The van der Waals surface area contributed by atoms with Crippen LogP contribution in [0.4, 0.5) is 4.39 Å². The molecule has 0 aliphatic carbocycles. The number of benzene rings is 1. The smallest absolute Gasteiger partial charge is 0.131 e. The zero-order valence-corrected chi connectivity index (χ0v) is 10.7. The third kappa shape index (κ3) is 2.70. The number of ether oxygens (including phenoxy) is 1. The number of hydrogen-bond donors (Lipinski definition) is 0. The Hall–Kier alpha value is -1.84. The van der Waals surface area contributed by atoms with Gasteiger partial charge in [0.05, 0.1) is 13.7 Å². The lowest BCUT2D eigenvalue weighted by atomic mass is 10.2. The van der Waals surface area contributed by atoms with E-state index < -0.39 is 0 Å². The van der Waals surface area contributed by atoms with Crippen LogP contribution in [0.1, 0.15) is 24.7 Å². The molecule has 1 heterocycles. The summed E-state index contributed by atoms with van der Waals surface area (Å²) in [6, 6.07) is 4.94. The maximum absolute atomic E-state index is 13.8. The van der Waals surface area contributed by atoms with Gasteiger partial charge in [-0.05, 0) is 12.5 Å². The van der Waals surface area contributed by atoms with Crippen molar-refractivity contribution in [3.63, 3.8) is 0 Å². The number of hydrogen-bond acceptors (Lipinski definition) is 2. The molecule has 0 aliphatic rings. The summed E-state index contributed by atoms with van der Waals surface area (Å²) in [5.74, 6) is 1.29. The molecule has 18 heavy (non-hydrogen) atoms. The molecule has 0 unspecified atom stereocenters. The van der Waals surface area contributed by atoms with Crippen LogP contribution in [0.15, 0.2) is 30.6 Å². The van der Waals surface area contributed by atoms with Gasteiger partial charge in [-0.1, -0.05) is 13.0 Å². The second-order valence-corrected chi connectivity index (χ2v) is 4.18. The van der Waals surface area contributed by atoms with Crippen LogP contribution in [-0.2, 0) is 13.0 Å². The van der Waals surface area contributed by atoms with Gasteiger partial charge in [0, 0.05) is 30.4 Å². The van der Waals surface area contributed by atoms with Gasteiger partial charge in [-0.3, -0.25) is 0 Å². The van der Waals surface area contributed by atoms with Crippen molar-refractivity contribution in [3.8, 4) is 5.75 Å². The Morgan fingerprint density at radius 2 is 2.22 bits per heavy atom. The van der Waals surface area contributed by atoms with Crippen molar-refractivity contribution in [1.82, 2.24) is 9.55 Å². The van der Waals surface area contributed by atoms with E-state index in [9.17, 15) is 4.39 Å². The van der Waals surface area contributed by atoms with Crippen LogP contribution in [0.5, 0.6) is 5.75 Å². The predicted molar refractivity (Wildman–Crippen MR) is 68.3 cm³/mol. The van der Waals surface area contributed by atoms with Crippen molar-refractivity contribution >= 4 is 0 Å². The molecule has 2 aromatic rings. The SMILES string of the molecule is CCCc1nccn1Cc1ccc(OC)cc1F. The lowest BCUT2D eigenvalue weighted by Gasteiger charge is -2.09. The molecule has 0 amide bonds. The zero-order valence-electron chi connectivity index (χ0n) is 10.7. The van der Waals surface area contributed by atoms with E-state index in [1.54, 1.807) is 18.3 Å². The van der Waals surface area contributed by atoms with Crippen LogP contribution in [0.2, 0.25) is 0 Å². The summed E-state index contributed by atoms with van der Waals surface area (Å²) in [7, 11) is 1.53. The molecule has 3 nitrogen and oxygen atoms in total. The van der Waals surface area contributed by atoms with E-state index >= 15 is 0 Å². The Morgan fingerprint density at radius 3 is 2.89 bits per heavy atom. The van der Waals surface area contributed by atoms with Crippen molar-refractivity contribution in [2.75, 3.05) is 7.11 Å². The Morgan fingerprint density at radius 1 is 1.39 bits per heavy atom. The van der Waals surface area contributed by atoms with Gasteiger partial charge in [-0.2, -0.15) is 0 Å². The molecule has 1 aromatic heterocycles. The van der Waals surface area contributed by atoms with E-state index in [0.717, 1.165) is 18.7 Å². The largest absolute Gasteiger partial charge is 0.497 e. The average Bonchev–Trinajstić information content (AvgIpc) is 2.80. The number of aryl methyl sites for hydroxylation is 1. The number of halogens is 1. The van der Waals surface area contributed by atoms with Gasteiger partial charge in [0.15, 0.2) is 0 Å². The molecule has 2 rings (SSSR count). The fraction of sp³-hybridized carbons (Fsp3) is 0.357. The van der Waals surface area contributed by atoms with Crippen molar-refractivity contribution in [2.45, 2.75) is 26.3 Å². The van der Waals surface area contributed by atoms with Crippen molar-refractivity contribution in [3.05, 3.63) is 47.8 Å². The second kappa shape index (κ2) is 5.67. The minimum Gasteiger partial charge on any atom is -0.497 e. The van der Waals surface area contributed by atoms with E-state index in [1.807, 2.05) is 10.8 Å². The molecule has 0 N–H and O–H groups in total. The maximum Gasteiger partial charge on any atom is 0.131 e. The molecule has 0 radical (unpaired) electrons. The molecule has 1 aromatic carbocycles. The normalized spacial score (nSPS) is 10.6. The third-order valence-corrected chi connectivity index (χ3v) is 2.88. The monoisotopic (exact) mass is 248 g/mol. The molecule has 0 atom stereocenters. The molecular weight excluding hydrogens is 231 g/mol. The van der Waals surface area contributed by atoms with Crippen LogP contribution >= 0.6 is 0 Å². The van der Waals surface area contributed by atoms with Gasteiger partial charge >= 0.3 is 0 Å². The van der Waals surface area contributed by atoms with E-state index in [2.05, 4.69) is 11.9 Å².